The smallest absolute Gasteiger partial charge is 0.0104 e. The fourth-order valence-corrected chi connectivity index (χ4v) is 3.61. The molecule has 0 unspecified atom stereocenters. The molecule has 1 aliphatic carbocycles. The first-order chi connectivity index (χ1) is 7.74. The molecule has 0 amide bonds. The maximum atomic E-state index is 3.76. The maximum absolute atomic E-state index is 3.76. The monoisotopic (exact) mass is 240 g/mol. The molecule has 0 spiro atoms. The van der Waals surface area contributed by atoms with E-state index in [1.807, 2.05) is 0 Å². The lowest BCUT2D eigenvalue weighted by atomic mass is 9.63. The van der Waals surface area contributed by atoms with Gasteiger partial charge in [0.1, 0.15) is 0 Å². The van der Waals surface area contributed by atoms with Crippen LogP contribution in [0.1, 0.15) is 53.9 Å². The number of nitrogens with zero attached hydrogens (tertiary/aromatic N) is 1. The van der Waals surface area contributed by atoms with Gasteiger partial charge in [-0.25, -0.2) is 0 Å². The number of hydrogen-bond acceptors (Lipinski definition) is 2. The van der Waals surface area contributed by atoms with Crippen LogP contribution in [0.15, 0.2) is 0 Å². The van der Waals surface area contributed by atoms with Crippen LogP contribution in [-0.2, 0) is 0 Å². The van der Waals surface area contributed by atoms with Crippen LogP contribution in [0.3, 0.4) is 0 Å². The van der Waals surface area contributed by atoms with Crippen LogP contribution in [-0.4, -0.2) is 37.6 Å². The minimum Gasteiger partial charge on any atom is -0.313 e. The average Bonchev–Trinajstić information content (AvgIpc) is 2.12. The average molecular weight is 240 g/mol. The fourth-order valence-electron chi connectivity index (χ4n) is 3.61. The Morgan fingerprint density at radius 2 is 1.65 bits per heavy atom. The Balaban J connectivity index is 2.38. The second-order valence-electron chi connectivity index (χ2n) is 7.46. The van der Waals surface area contributed by atoms with Gasteiger partial charge in [0.15, 0.2) is 0 Å². The molecule has 17 heavy (non-hydrogen) atoms. The summed E-state index contributed by atoms with van der Waals surface area (Å²) >= 11 is 0. The van der Waals surface area contributed by atoms with Gasteiger partial charge in [0.25, 0.3) is 0 Å². The molecule has 1 saturated carbocycles. The number of nitrogens with one attached hydrogen (secondary N) is 1. The quantitative estimate of drug-likeness (QED) is 0.794. The van der Waals surface area contributed by atoms with Crippen LogP contribution < -0.4 is 5.32 Å². The van der Waals surface area contributed by atoms with Gasteiger partial charge in [0.2, 0.25) is 0 Å². The lowest BCUT2D eigenvalue weighted by Crippen LogP contribution is -2.45. The predicted molar refractivity (Wildman–Crippen MR) is 76.4 cm³/mol. The van der Waals surface area contributed by atoms with E-state index in [0.29, 0.717) is 16.9 Å². The van der Waals surface area contributed by atoms with Crippen molar-refractivity contribution in [3.05, 3.63) is 0 Å². The lowest BCUT2D eigenvalue weighted by molar-refractivity contribution is 0.0843. The molecular formula is C15H32N2. The summed E-state index contributed by atoms with van der Waals surface area (Å²) in [7, 11) is 2.19. The molecule has 2 heteroatoms. The highest BCUT2D eigenvalue weighted by molar-refractivity contribution is 4.92. The SMILES string of the molecule is CCN(C)CCNC1CC(C)(C)CC(C)(C)C1. The van der Waals surface area contributed by atoms with Crippen LogP contribution in [0.25, 0.3) is 0 Å². The number of hydrogen-bond donors (Lipinski definition) is 1. The van der Waals surface area contributed by atoms with Gasteiger partial charge in [0.05, 0.1) is 0 Å². The van der Waals surface area contributed by atoms with Gasteiger partial charge in [-0.05, 0) is 43.7 Å². The first-order valence-electron chi connectivity index (χ1n) is 7.16. The molecule has 0 saturated heterocycles. The third-order valence-electron chi connectivity index (χ3n) is 4.02. The van der Waals surface area contributed by atoms with Gasteiger partial charge in [-0.15, -0.1) is 0 Å². The Bertz CT molecular complexity index is 217. The molecule has 1 fully saturated rings. The zero-order chi connectivity index (χ0) is 13.1. The molecule has 0 aromatic carbocycles. The van der Waals surface area contributed by atoms with Crippen LogP contribution >= 0.6 is 0 Å². The molecule has 0 bridgehead atoms. The van der Waals surface area contributed by atoms with Crippen molar-refractivity contribution in [2.75, 3.05) is 26.7 Å². The molecule has 1 N–H and O–H groups in total. The van der Waals surface area contributed by atoms with Crippen molar-refractivity contribution >= 4 is 0 Å². The second-order valence-corrected chi connectivity index (χ2v) is 7.46. The molecule has 0 aromatic rings. The molecule has 2 nitrogen and oxygen atoms in total. The van der Waals surface area contributed by atoms with Crippen LogP contribution in [0.2, 0.25) is 0 Å². The Hall–Kier alpha value is -0.0800. The highest BCUT2D eigenvalue weighted by Gasteiger charge is 2.37. The van der Waals surface area contributed by atoms with Crippen molar-refractivity contribution < 1.29 is 0 Å². The van der Waals surface area contributed by atoms with E-state index in [9.17, 15) is 0 Å². The van der Waals surface area contributed by atoms with E-state index >= 15 is 0 Å². The van der Waals surface area contributed by atoms with Crippen LogP contribution in [0.4, 0.5) is 0 Å². The van der Waals surface area contributed by atoms with Gasteiger partial charge in [-0.3, -0.25) is 0 Å². The van der Waals surface area contributed by atoms with E-state index < -0.39 is 0 Å². The zero-order valence-electron chi connectivity index (χ0n) is 12.8. The van der Waals surface area contributed by atoms with E-state index in [1.165, 1.54) is 19.3 Å². The second kappa shape index (κ2) is 5.71. The zero-order valence-corrected chi connectivity index (χ0v) is 12.8. The van der Waals surface area contributed by atoms with Gasteiger partial charge in [-0.2, -0.15) is 0 Å². The first kappa shape index (κ1) is 15.0. The summed E-state index contributed by atoms with van der Waals surface area (Å²) in [6.45, 7) is 15.3. The Morgan fingerprint density at radius 1 is 1.12 bits per heavy atom. The summed E-state index contributed by atoms with van der Waals surface area (Å²) in [4.78, 5) is 2.37. The van der Waals surface area contributed by atoms with Crippen molar-refractivity contribution in [2.24, 2.45) is 10.8 Å². The molecule has 0 atom stereocenters. The molecule has 0 aliphatic heterocycles. The lowest BCUT2D eigenvalue weighted by Gasteiger charge is -2.45. The predicted octanol–water partition coefficient (Wildman–Crippen LogP) is 3.13. The van der Waals surface area contributed by atoms with Crippen molar-refractivity contribution in [2.45, 2.75) is 59.9 Å². The van der Waals surface area contributed by atoms with Crippen molar-refractivity contribution in [1.82, 2.24) is 10.2 Å². The number of rotatable bonds is 5. The van der Waals surface area contributed by atoms with E-state index in [1.54, 1.807) is 0 Å². The summed E-state index contributed by atoms with van der Waals surface area (Å²) < 4.78 is 0. The summed E-state index contributed by atoms with van der Waals surface area (Å²) in [5.41, 5.74) is 0.992. The molecule has 0 radical (unpaired) electrons. The Kier molecular flexibility index (Phi) is 5.03. The highest BCUT2D eigenvalue weighted by atomic mass is 15.1. The summed E-state index contributed by atoms with van der Waals surface area (Å²) in [6.07, 6.45) is 4.01. The molecule has 0 heterocycles. The standard InChI is InChI=1S/C15H32N2/c1-7-17(6)9-8-16-13-10-14(2,3)12-15(4,5)11-13/h13,16H,7-12H2,1-6H3. The number of likely N-dealkylation sites (N-methyl/N-ethyl adjacent to an activating group) is 1. The minimum absolute atomic E-state index is 0.496. The Labute approximate surface area is 108 Å². The van der Waals surface area contributed by atoms with Crippen LogP contribution in [0, 0.1) is 10.8 Å². The van der Waals surface area contributed by atoms with E-state index in [0.717, 1.165) is 19.6 Å². The summed E-state index contributed by atoms with van der Waals surface area (Å²) in [5, 5.41) is 3.76. The van der Waals surface area contributed by atoms with Crippen molar-refractivity contribution in [3.8, 4) is 0 Å². The third kappa shape index (κ3) is 5.39. The topological polar surface area (TPSA) is 15.3 Å². The van der Waals surface area contributed by atoms with Gasteiger partial charge < -0.3 is 10.2 Å². The minimum atomic E-state index is 0.496. The highest BCUT2D eigenvalue weighted by Crippen LogP contribution is 2.45. The molecule has 102 valence electrons. The largest absolute Gasteiger partial charge is 0.313 e. The van der Waals surface area contributed by atoms with E-state index in [4.69, 9.17) is 0 Å². The molecule has 1 aliphatic rings. The van der Waals surface area contributed by atoms with Gasteiger partial charge >= 0.3 is 0 Å². The molecular weight excluding hydrogens is 208 g/mol. The fraction of sp³-hybridized carbons (Fsp3) is 1.00. The maximum Gasteiger partial charge on any atom is 0.0104 e. The van der Waals surface area contributed by atoms with Gasteiger partial charge in [-0.1, -0.05) is 34.6 Å². The van der Waals surface area contributed by atoms with Gasteiger partial charge in [0, 0.05) is 19.1 Å². The normalized spacial score (nSPS) is 24.2. The van der Waals surface area contributed by atoms with Crippen LogP contribution in [0.5, 0.6) is 0 Å². The summed E-state index contributed by atoms with van der Waals surface area (Å²) in [6, 6.07) is 0.707. The van der Waals surface area contributed by atoms with E-state index in [2.05, 4.69) is 51.9 Å². The van der Waals surface area contributed by atoms with Crippen molar-refractivity contribution in [3.63, 3.8) is 0 Å². The third-order valence-corrected chi connectivity index (χ3v) is 4.02. The van der Waals surface area contributed by atoms with Crippen molar-refractivity contribution in [1.29, 1.82) is 0 Å². The van der Waals surface area contributed by atoms with E-state index in [-0.39, 0.29) is 0 Å². The molecule has 1 rings (SSSR count). The summed E-state index contributed by atoms with van der Waals surface area (Å²) in [5.74, 6) is 0. The Morgan fingerprint density at radius 3 is 2.12 bits per heavy atom. The molecule has 0 aromatic heterocycles. The first-order valence-corrected chi connectivity index (χ1v) is 7.16.